The van der Waals surface area contributed by atoms with Crippen LogP contribution in [0.25, 0.3) is 0 Å². The molecule has 1 amide bonds. The number of carbonyl (C=O) groups is 1. The number of amides is 1. The third-order valence-electron chi connectivity index (χ3n) is 2.98. The lowest BCUT2D eigenvalue weighted by molar-refractivity contribution is -0.114. The largest absolute Gasteiger partial charge is 0.375 e. The summed E-state index contributed by atoms with van der Waals surface area (Å²) in [6, 6.07) is 13.7. The number of hydrogen-bond donors (Lipinski definition) is 2. The molecule has 0 aliphatic carbocycles. The molecule has 0 aliphatic rings. The van der Waals surface area contributed by atoms with Crippen LogP contribution in [0.4, 0.5) is 11.4 Å². The molecule has 0 saturated carbocycles. The van der Waals surface area contributed by atoms with Crippen molar-refractivity contribution < 1.29 is 4.79 Å². The molecule has 3 nitrogen and oxygen atoms in total. The summed E-state index contributed by atoms with van der Waals surface area (Å²) in [6.07, 6.45) is 0. The Bertz CT molecular complexity index is 626. The molecule has 0 fully saturated rings. The highest BCUT2D eigenvalue weighted by molar-refractivity contribution is 9.10. The molecule has 2 rings (SSSR count). The second-order valence-corrected chi connectivity index (χ2v) is 5.55. The van der Waals surface area contributed by atoms with Crippen LogP contribution in [0.15, 0.2) is 46.9 Å². The lowest BCUT2D eigenvalue weighted by Gasteiger charge is -2.11. The van der Waals surface area contributed by atoms with E-state index in [2.05, 4.69) is 26.6 Å². The summed E-state index contributed by atoms with van der Waals surface area (Å²) in [4.78, 5) is 12.0. The molecule has 0 radical (unpaired) electrons. The fraction of sp³-hybridized carbons (Fsp3) is 0.188. The maximum absolute atomic E-state index is 12.0. The number of anilines is 2. The van der Waals surface area contributed by atoms with Crippen LogP contribution in [-0.4, -0.2) is 12.5 Å². The van der Waals surface area contributed by atoms with Gasteiger partial charge in [0, 0.05) is 15.8 Å². The van der Waals surface area contributed by atoms with E-state index in [1.165, 1.54) is 0 Å². The third-order valence-corrected chi connectivity index (χ3v) is 3.67. The van der Waals surface area contributed by atoms with Crippen molar-refractivity contribution in [2.24, 2.45) is 0 Å². The van der Waals surface area contributed by atoms with E-state index in [4.69, 9.17) is 0 Å². The van der Waals surface area contributed by atoms with E-state index in [0.717, 1.165) is 27.0 Å². The fourth-order valence-corrected chi connectivity index (χ4v) is 2.27. The molecule has 0 bridgehead atoms. The number of aryl methyl sites for hydroxylation is 2. The monoisotopic (exact) mass is 332 g/mol. The first kappa shape index (κ1) is 14.6. The second kappa shape index (κ2) is 6.57. The lowest BCUT2D eigenvalue weighted by Crippen LogP contribution is -2.22. The summed E-state index contributed by atoms with van der Waals surface area (Å²) < 4.78 is 0.944. The highest BCUT2D eigenvalue weighted by Crippen LogP contribution is 2.21. The number of benzene rings is 2. The van der Waals surface area contributed by atoms with Crippen LogP contribution in [-0.2, 0) is 4.79 Å². The van der Waals surface area contributed by atoms with Gasteiger partial charge in [-0.05, 0) is 59.1 Å². The smallest absolute Gasteiger partial charge is 0.243 e. The molecule has 2 aromatic carbocycles. The van der Waals surface area contributed by atoms with Crippen molar-refractivity contribution in [1.29, 1.82) is 0 Å². The Kier molecular flexibility index (Phi) is 4.79. The molecule has 0 heterocycles. The Balaban J connectivity index is 1.96. The quantitative estimate of drug-likeness (QED) is 0.884. The third kappa shape index (κ3) is 3.84. The normalized spacial score (nSPS) is 10.2. The maximum atomic E-state index is 12.0. The minimum Gasteiger partial charge on any atom is -0.375 e. The second-order valence-electron chi connectivity index (χ2n) is 4.70. The molecular formula is C16H17BrN2O. The van der Waals surface area contributed by atoms with Crippen molar-refractivity contribution in [3.8, 4) is 0 Å². The van der Waals surface area contributed by atoms with Gasteiger partial charge in [-0.15, -0.1) is 0 Å². The molecule has 20 heavy (non-hydrogen) atoms. The van der Waals surface area contributed by atoms with Crippen molar-refractivity contribution >= 4 is 33.2 Å². The predicted octanol–water partition coefficient (Wildman–Crippen LogP) is 4.12. The minimum absolute atomic E-state index is 0.0607. The van der Waals surface area contributed by atoms with Crippen LogP contribution >= 0.6 is 15.9 Å². The van der Waals surface area contributed by atoms with Crippen LogP contribution in [0.3, 0.4) is 0 Å². The van der Waals surface area contributed by atoms with Gasteiger partial charge < -0.3 is 10.6 Å². The number of carbonyl (C=O) groups excluding carboxylic acids is 1. The highest BCUT2D eigenvalue weighted by Gasteiger charge is 2.06. The van der Waals surface area contributed by atoms with Gasteiger partial charge in [-0.3, -0.25) is 4.79 Å². The predicted molar refractivity (Wildman–Crippen MR) is 87.2 cm³/mol. The fourth-order valence-electron chi connectivity index (χ4n) is 1.84. The number of rotatable bonds is 4. The Labute approximate surface area is 127 Å². The molecule has 104 valence electrons. The topological polar surface area (TPSA) is 41.1 Å². The minimum atomic E-state index is -0.0607. The van der Waals surface area contributed by atoms with E-state index < -0.39 is 0 Å². The maximum Gasteiger partial charge on any atom is 0.243 e. The van der Waals surface area contributed by atoms with Gasteiger partial charge in [-0.25, -0.2) is 0 Å². The van der Waals surface area contributed by atoms with Crippen molar-refractivity contribution in [3.63, 3.8) is 0 Å². The highest BCUT2D eigenvalue weighted by atomic mass is 79.9. The molecule has 0 saturated heterocycles. The average Bonchev–Trinajstić information content (AvgIpc) is 2.42. The molecule has 2 N–H and O–H groups in total. The molecule has 2 aromatic rings. The summed E-state index contributed by atoms with van der Waals surface area (Å²) in [5.74, 6) is -0.0607. The van der Waals surface area contributed by atoms with E-state index in [0.29, 0.717) is 0 Å². The number of halogens is 1. The van der Waals surface area contributed by atoms with Gasteiger partial charge in [0.2, 0.25) is 5.91 Å². The number of nitrogens with one attached hydrogen (secondary N) is 2. The van der Waals surface area contributed by atoms with E-state index in [1.807, 2.05) is 56.3 Å². The van der Waals surface area contributed by atoms with Gasteiger partial charge in [-0.2, -0.15) is 0 Å². The van der Waals surface area contributed by atoms with E-state index in [1.54, 1.807) is 0 Å². The van der Waals surface area contributed by atoms with Crippen molar-refractivity contribution in [1.82, 2.24) is 0 Å². The summed E-state index contributed by atoms with van der Waals surface area (Å²) in [6.45, 7) is 4.22. The van der Waals surface area contributed by atoms with Gasteiger partial charge in [0.05, 0.1) is 6.54 Å². The number of hydrogen-bond acceptors (Lipinski definition) is 2. The zero-order valence-electron chi connectivity index (χ0n) is 11.5. The van der Waals surface area contributed by atoms with Crippen molar-refractivity contribution in [2.45, 2.75) is 13.8 Å². The molecule has 0 spiro atoms. The standard InChI is InChI=1S/C16H17BrN2O/c1-11-7-8-12(2)15(9-11)19-16(20)10-18-14-6-4-3-5-13(14)17/h3-9,18H,10H2,1-2H3,(H,19,20). The molecular weight excluding hydrogens is 316 g/mol. The Hall–Kier alpha value is -1.81. The van der Waals surface area contributed by atoms with Crippen LogP contribution in [0.1, 0.15) is 11.1 Å². The van der Waals surface area contributed by atoms with Crippen LogP contribution in [0, 0.1) is 13.8 Å². The van der Waals surface area contributed by atoms with Crippen LogP contribution in [0.5, 0.6) is 0 Å². The van der Waals surface area contributed by atoms with Gasteiger partial charge in [0.1, 0.15) is 0 Å². The Morgan fingerprint density at radius 2 is 1.85 bits per heavy atom. The van der Waals surface area contributed by atoms with Crippen molar-refractivity contribution in [3.05, 3.63) is 58.1 Å². The van der Waals surface area contributed by atoms with Gasteiger partial charge in [0.15, 0.2) is 0 Å². The van der Waals surface area contributed by atoms with Gasteiger partial charge in [-0.1, -0.05) is 24.3 Å². The summed E-state index contributed by atoms with van der Waals surface area (Å²) >= 11 is 3.44. The Morgan fingerprint density at radius 1 is 1.10 bits per heavy atom. The molecule has 0 unspecified atom stereocenters. The van der Waals surface area contributed by atoms with Crippen LogP contribution in [0.2, 0.25) is 0 Å². The lowest BCUT2D eigenvalue weighted by atomic mass is 10.1. The van der Waals surface area contributed by atoms with Gasteiger partial charge in [0.25, 0.3) is 0 Å². The summed E-state index contributed by atoms with van der Waals surface area (Å²) in [7, 11) is 0. The molecule has 0 aliphatic heterocycles. The average molecular weight is 333 g/mol. The zero-order valence-corrected chi connectivity index (χ0v) is 13.1. The van der Waals surface area contributed by atoms with Gasteiger partial charge >= 0.3 is 0 Å². The first-order chi connectivity index (χ1) is 9.56. The molecule has 0 aromatic heterocycles. The molecule has 0 atom stereocenters. The van der Waals surface area contributed by atoms with E-state index in [9.17, 15) is 4.79 Å². The first-order valence-corrected chi connectivity index (χ1v) is 7.21. The summed E-state index contributed by atoms with van der Waals surface area (Å²) in [5.41, 5.74) is 3.96. The van der Waals surface area contributed by atoms with E-state index >= 15 is 0 Å². The van der Waals surface area contributed by atoms with E-state index in [-0.39, 0.29) is 12.5 Å². The summed E-state index contributed by atoms with van der Waals surface area (Å²) in [5, 5.41) is 6.03. The first-order valence-electron chi connectivity index (χ1n) is 6.42. The SMILES string of the molecule is Cc1ccc(C)c(NC(=O)CNc2ccccc2Br)c1. The molecule has 4 heteroatoms. The zero-order chi connectivity index (χ0) is 14.5. The van der Waals surface area contributed by atoms with Crippen LogP contribution < -0.4 is 10.6 Å². The Morgan fingerprint density at radius 3 is 2.60 bits per heavy atom. The van der Waals surface area contributed by atoms with Crippen molar-refractivity contribution in [2.75, 3.05) is 17.2 Å². The number of para-hydroxylation sites is 1.